The highest BCUT2D eigenvalue weighted by atomic mass is 16.5. The largest absolute Gasteiger partial charge is 0.479 e. The van der Waals surface area contributed by atoms with Gasteiger partial charge >= 0.3 is 12.0 Å². The third-order valence-corrected chi connectivity index (χ3v) is 2.61. The monoisotopic (exact) mass is 280 g/mol. The number of nitrogens with one attached hydrogen (secondary N) is 2. The Morgan fingerprint density at radius 2 is 1.90 bits per heavy atom. The van der Waals surface area contributed by atoms with Gasteiger partial charge in [-0.25, -0.2) is 9.59 Å². The van der Waals surface area contributed by atoms with E-state index in [1.54, 1.807) is 44.2 Å². The second-order valence-electron chi connectivity index (χ2n) is 5.10. The van der Waals surface area contributed by atoms with E-state index in [4.69, 9.17) is 4.74 Å². The molecule has 0 heterocycles. The first kappa shape index (κ1) is 16.0. The topological polar surface area (TPSA) is 87.7 Å². The van der Waals surface area contributed by atoms with E-state index in [-0.39, 0.29) is 0 Å². The smallest absolute Gasteiger partial charge is 0.330 e. The van der Waals surface area contributed by atoms with Crippen LogP contribution in [0.25, 0.3) is 0 Å². The summed E-state index contributed by atoms with van der Waals surface area (Å²) in [6.07, 6.45) is 0. The van der Waals surface area contributed by atoms with Crippen LogP contribution >= 0.6 is 0 Å². The van der Waals surface area contributed by atoms with E-state index in [0.29, 0.717) is 12.2 Å². The zero-order chi connectivity index (χ0) is 15.2. The number of aliphatic carboxylic acids is 1. The van der Waals surface area contributed by atoms with Crippen molar-refractivity contribution in [3.63, 3.8) is 0 Å². The molecule has 6 heteroatoms. The normalized spacial score (nSPS) is 12.6. The van der Waals surface area contributed by atoms with Gasteiger partial charge in [-0.1, -0.05) is 30.3 Å². The fourth-order valence-electron chi connectivity index (χ4n) is 1.80. The molecular weight excluding hydrogens is 260 g/mol. The Bertz CT molecular complexity index is 460. The van der Waals surface area contributed by atoms with Gasteiger partial charge in [0.05, 0.1) is 12.1 Å². The number of urea groups is 1. The molecule has 6 nitrogen and oxygen atoms in total. The number of hydrogen-bond acceptors (Lipinski definition) is 3. The summed E-state index contributed by atoms with van der Waals surface area (Å²) >= 11 is 0. The molecule has 1 rings (SSSR count). The minimum atomic E-state index is -1.11. The molecule has 110 valence electrons. The predicted octanol–water partition coefficient (Wildman–Crippen LogP) is 1.54. The van der Waals surface area contributed by atoms with Crippen LogP contribution in [0.5, 0.6) is 0 Å². The Hall–Kier alpha value is -2.08. The third-order valence-electron chi connectivity index (χ3n) is 2.61. The third kappa shape index (κ3) is 4.89. The number of carbonyl (C=O) groups excluding carboxylic acids is 1. The average molecular weight is 280 g/mol. The van der Waals surface area contributed by atoms with Crippen LogP contribution in [0, 0.1) is 0 Å². The summed E-state index contributed by atoms with van der Waals surface area (Å²) in [7, 11) is 1.53. The summed E-state index contributed by atoms with van der Waals surface area (Å²) in [6.45, 7) is 3.90. The number of carbonyl (C=O) groups is 2. The van der Waals surface area contributed by atoms with Gasteiger partial charge < -0.3 is 20.5 Å². The van der Waals surface area contributed by atoms with Crippen LogP contribution in [-0.4, -0.2) is 36.4 Å². The Labute approximate surface area is 118 Å². The molecule has 0 saturated carbocycles. The summed E-state index contributed by atoms with van der Waals surface area (Å²) in [6, 6.07) is 6.89. The predicted molar refractivity (Wildman–Crippen MR) is 74.4 cm³/mol. The second-order valence-corrected chi connectivity index (χ2v) is 5.10. The lowest BCUT2D eigenvalue weighted by Gasteiger charge is -2.26. The van der Waals surface area contributed by atoms with E-state index in [0.717, 1.165) is 0 Å². The van der Waals surface area contributed by atoms with E-state index >= 15 is 0 Å². The Morgan fingerprint density at radius 3 is 2.40 bits per heavy atom. The number of methoxy groups -OCH3 is 1. The highest BCUT2D eigenvalue weighted by Crippen LogP contribution is 2.13. The van der Waals surface area contributed by atoms with Gasteiger partial charge in [-0.2, -0.15) is 0 Å². The van der Waals surface area contributed by atoms with Crippen LogP contribution in [0.2, 0.25) is 0 Å². The van der Waals surface area contributed by atoms with Crippen LogP contribution in [0.15, 0.2) is 30.3 Å². The van der Waals surface area contributed by atoms with Crippen molar-refractivity contribution in [2.45, 2.75) is 25.4 Å². The molecule has 0 aliphatic rings. The zero-order valence-electron chi connectivity index (χ0n) is 11.8. The summed E-state index contributed by atoms with van der Waals surface area (Å²) in [5.74, 6) is -1.11. The minimum absolute atomic E-state index is 0.323. The molecule has 0 aliphatic carbocycles. The Balaban J connectivity index is 2.73. The van der Waals surface area contributed by atoms with Crippen molar-refractivity contribution >= 4 is 12.0 Å². The summed E-state index contributed by atoms with van der Waals surface area (Å²) in [4.78, 5) is 23.1. The average Bonchev–Trinajstić information content (AvgIpc) is 2.36. The van der Waals surface area contributed by atoms with Crippen molar-refractivity contribution in [2.24, 2.45) is 0 Å². The van der Waals surface area contributed by atoms with Gasteiger partial charge in [0.2, 0.25) is 0 Å². The van der Waals surface area contributed by atoms with Crippen LogP contribution < -0.4 is 10.6 Å². The van der Waals surface area contributed by atoms with Crippen molar-refractivity contribution in [1.29, 1.82) is 0 Å². The molecule has 1 atom stereocenters. The van der Waals surface area contributed by atoms with Gasteiger partial charge in [-0.05, 0) is 19.4 Å². The van der Waals surface area contributed by atoms with Gasteiger partial charge in [0.15, 0.2) is 6.04 Å². The molecule has 0 bridgehead atoms. The quantitative estimate of drug-likeness (QED) is 0.737. The van der Waals surface area contributed by atoms with Gasteiger partial charge in [0, 0.05) is 7.11 Å². The molecule has 3 N–H and O–H groups in total. The van der Waals surface area contributed by atoms with E-state index in [2.05, 4.69) is 10.6 Å². The lowest BCUT2D eigenvalue weighted by atomic mass is 10.1. The van der Waals surface area contributed by atoms with E-state index in [9.17, 15) is 14.7 Å². The Kier molecular flexibility index (Phi) is 5.52. The molecule has 0 spiro atoms. The van der Waals surface area contributed by atoms with E-state index in [1.165, 1.54) is 7.11 Å². The van der Waals surface area contributed by atoms with Crippen LogP contribution in [0.1, 0.15) is 25.5 Å². The van der Waals surface area contributed by atoms with Crippen molar-refractivity contribution in [2.75, 3.05) is 13.7 Å². The molecule has 20 heavy (non-hydrogen) atoms. The summed E-state index contributed by atoms with van der Waals surface area (Å²) in [5, 5.41) is 14.3. The van der Waals surface area contributed by atoms with Crippen molar-refractivity contribution < 1.29 is 19.4 Å². The zero-order valence-corrected chi connectivity index (χ0v) is 11.8. The SMILES string of the molecule is COCC(C)(C)NC(=O)N[C@@H](C(=O)O)c1ccccc1. The van der Waals surface area contributed by atoms with Crippen molar-refractivity contribution in [3.8, 4) is 0 Å². The Morgan fingerprint density at radius 1 is 1.30 bits per heavy atom. The molecule has 1 aromatic carbocycles. The second kappa shape index (κ2) is 6.91. The first-order valence-corrected chi connectivity index (χ1v) is 6.21. The summed E-state index contributed by atoms with van der Waals surface area (Å²) in [5.41, 5.74) is -0.0711. The van der Waals surface area contributed by atoms with Gasteiger partial charge in [0.1, 0.15) is 0 Å². The molecule has 0 aliphatic heterocycles. The lowest BCUT2D eigenvalue weighted by Crippen LogP contribution is -2.52. The molecule has 0 aromatic heterocycles. The maximum atomic E-state index is 11.9. The fraction of sp³-hybridized carbons (Fsp3) is 0.429. The first-order chi connectivity index (χ1) is 9.35. The molecule has 0 unspecified atom stereocenters. The molecule has 0 saturated heterocycles. The van der Waals surface area contributed by atoms with Crippen molar-refractivity contribution in [1.82, 2.24) is 10.6 Å². The van der Waals surface area contributed by atoms with Crippen LogP contribution in [0.4, 0.5) is 4.79 Å². The molecular formula is C14H20N2O4. The highest BCUT2D eigenvalue weighted by Gasteiger charge is 2.25. The number of carboxylic acid groups (broad SMARTS) is 1. The fourth-order valence-corrected chi connectivity index (χ4v) is 1.80. The van der Waals surface area contributed by atoms with E-state index in [1.807, 2.05) is 0 Å². The van der Waals surface area contributed by atoms with Crippen molar-refractivity contribution in [3.05, 3.63) is 35.9 Å². The number of benzene rings is 1. The molecule has 1 aromatic rings. The van der Waals surface area contributed by atoms with Gasteiger partial charge in [0.25, 0.3) is 0 Å². The van der Waals surface area contributed by atoms with E-state index < -0.39 is 23.6 Å². The van der Waals surface area contributed by atoms with Gasteiger partial charge in [-0.3, -0.25) is 0 Å². The molecule has 0 fully saturated rings. The molecule has 0 radical (unpaired) electrons. The molecule has 2 amide bonds. The lowest BCUT2D eigenvalue weighted by molar-refractivity contribution is -0.139. The first-order valence-electron chi connectivity index (χ1n) is 6.21. The van der Waals surface area contributed by atoms with Gasteiger partial charge in [-0.15, -0.1) is 0 Å². The maximum Gasteiger partial charge on any atom is 0.330 e. The number of amides is 2. The number of carboxylic acids is 1. The minimum Gasteiger partial charge on any atom is -0.479 e. The number of ether oxygens (including phenoxy) is 1. The maximum absolute atomic E-state index is 11.9. The summed E-state index contributed by atoms with van der Waals surface area (Å²) < 4.78 is 4.99. The van der Waals surface area contributed by atoms with Crippen LogP contribution in [-0.2, 0) is 9.53 Å². The van der Waals surface area contributed by atoms with Crippen LogP contribution in [0.3, 0.4) is 0 Å². The number of hydrogen-bond donors (Lipinski definition) is 3. The number of rotatable bonds is 6. The highest BCUT2D eigenvalue weighted by molar-refractivity contribution is 5.83. The standard InChI is InChI=1S/C14H20N2O4/c1-14(2,9-20-3)16-13(19)15-11(12(17)18)10-7-5-4-6-8-10/h4-8,11H,9H2,1-3H3,(H,17,18)(H2,15,16,19)/t11-/m1/s1.